The third-order valence-electron chi connectivity index (χ3n) is 2.41. The molecule has 0 aliphatic rings. The summed E-state index contributed by atoms with van der Waals surface area (Å²) in [7, 11) is 0. The van der Waals surface area contributed by atoms with Gasteiger partial charge in [0.1, 0.15) is 24.7 Å². The predicted molar refractivity (Wildman–Crippen MR) is 70.5 cm³/mol. The maximum Gasteiger partial charge on any atom is 0.269 e. The molecule has 19 heavy (non-hydrogen) atoms. The summed E-state index contributed by atoms with van der Waals surface area (Å²) in [5.74, 6) is 1.37. The first-order chi connectivity index (χ1) is 9.25. The van der Waals surface area contributed by atoms with Crippen LogP contribution in [0.3, 0.4) is 0 Å². The van der Waals surface area contributed by atoms with Gasteiger partial charge in [-0.3, -0.25) is 10.1 Å². The average molecular weight is 259 g/mol. The Balaban J connectivity index is 1.75. The lowest BCUT2D eigenvalue weighted by molar-refractivity contribution is -0.384. The summed E-state index contributed by atoms with van der Waals surface area (Å²) in [5, 5.41) is 10.5. The van der Waals surface area contributed by atoms with E-state index in [2.05, 4.69) is 0 Å². The van der Waals surface area contributed by atoms with E-state index in [9.17, 15) is 10.1 Å². The second-order valence-electron chi connectivity index (χ2n) is 3.76. The number of nitrogens with zero attached hydrogens (tertiary/aromatic N) is 1. The number of hydrogen-bond acceptors (Lipinski definition) is 4. The van der Waals surface area contributed by atoms with E-state index in [-0.39, 0.29) is 5.69 Å². The molecule has 98 valence electrons. The molecular weight excluding hydrogens is 246 g/mol. The van der Waals surface area contributed by atoms with Gasteiger partial charge in [-0.1, -0.05) is 18.2 Å². The van der Waals surface area contributed by atoms with Crippen LogP contribution in [-0.2, 0) is 0 Å². The maximum absolute atomic E-state index is 10.5. The minimum Gasteiger partial charge on any atom is -0.490 e. The predicted octanol–water partition coefficient (Wildman–Crippen LogP) is 3.05. The van der Waals surface area contributed by atoms with Gasteiger partial charge in [0.25, 0.3) is 5.69 Å². The van der Waals surface area contributed by atoms with Gasteiger partial charge in [0, 0.05) is 12.1 Å². The van der Waals surface area contributed by atoms with E-state index < -0.39 is 4.92 Å². The zero-order chi connectivity index (χ0) is 13.5. The molecule has 0 saturated heterocycles. The monoisotopic (exact) mass is 259 g/mol. The summed E-state index contributed by atoms with van der Waals surface area (Å²) < 4.78 is 10.9. The highest BCUT2D eigenvalue weighted by atomic mass is 16.6. The molecule has 2 aromatic carbocycles. The van der Waals surface area contributed by atoms with Gasteiger partial charge < -0.3 is 9.47 Å². The van der Waals surface area contributed by atoms with Gasteiger partial charge in [0.05, 0.1) is 4.92 Å². The maximum atomic E-state index is 10.5. The normalized spacial score (nSPS) is 9.89. The second-order valence-corrected chi connectivity index (χ2v) is 3.76. The largest absolute Gasteiger partial charge is 0.490 e. The third-order valence-corrected chi connectivity index (χ3v) is 2.41. The van der Waals surface area contributed by atoms with Crippen LogP contribution in [0.25, 0.3) is 0 Å². The molecule has 0 aromatic heterocycles. The summed E-state index contributed by atoms with van der Waals surface area (Å²) in [6, 6.07) is 15.4. The van der Waals surface area contributed by atoms with Crippen LogP contribution in [0.4, 0.5) is 5.69 Å². The highest BCUT2D eigenvalue weighted by molar-refractivity contribution is 5.35. The van der Waals surface area contributed by atoms with Crippen LogP contribution in [-0.4, -0.2) is 18.1 Å². The van der Waals surface area contributed by atoms with Crippen molar-refractivity contribution in [2.24, 2.45) is 0 Å². The molecule has 0 radical (unpaired) electrons. The minimum atomic E-state index is -0.442. The van der Waals surface area contributed by atoms with Crippen molar-refractivity contribution in [3.8, 4) is 11.5 Å². The molecule has 0 fully saturated rings. The Morgan fingerprint density at radius 2 is 1.37 bits per heavy atom. The molecule has 0 saturated carbocycles. The first-order valence-electron chi connectivity index (χ1n) is 5.81. The van der Waals surface area contributed by atoms with E-state index in [1.807, 2.05) is 30.3 Å². The van der Waals surface area contributed by atoms with Crippen molar-refractivity contribution >= 4 is 5.69 Å². The average Bonchev–Trinajstić information content (AvgIpc) is 2.45. The fraction of sp³-hybridized carbons (Fsp3) is 0.143. The number of rotatable bonds is 6. The van der Waals surface area contributed by atoms with Gasteiger partial charge >= 0.3 is 0 Å². The molecular formula is C14H13NO4. The number of nitro benzene ring substituents is 1. The molecule has 5 nitrogen and oxygen atoms in total. The van der Waals surface area contributed by atoms with Crippen molar-refractivity contribution < 1.29 is 14.4 Å². The fourth-order valence-corrected chi connectivity index (χ4v) is 1.50. The molecule has 0 bridgehead atoms. The fourth-order valence-electron chi connectivity index (χ4n) is 1.50. The smallest absolute Gasteiger partial charge is 0.269 e. The molecule has 0 unspecified atom stereocenters. The van der Waals surface area contributed by atoms with Crippen LogP contribution in [0.5, 0.6) is 11.5 Å². The van der Waals surface area contributed by atoms with Crippen LogP contribution in [0.2, 0.25) is 0 Å². The lowest BCUT2D eigenvalue weighted by Crippen LogP contribution is -2.08. The van der Waals surface area contributed by atoms with Crippen LogP contribution in [0, 0.1) is 10.1 Å². The van der Waals surface area contributed by atoms with Gasteiger partial charge in [0.2, 0.25) is 0 Å². The summed E-state index contributed by atoms with van der Waals surface area (Å²) in [5.41, 5.74) is 0.0490. The van der Waals surface area contributed by atoms with Crippen molar-refractivity contribution in [2.75, 3.05) is 13.2 Å². The van der Waals surface area contributed by atoms with E-state index in [1.165, 1.54) is 12.1 Å². The van der Waals surface area contributed by atoms with E-state index in [4.69, 9.17) is 9.47 Å². The van der Waals surface area contributed by atoms with Gasteiger partial charge in [-0.15, -0.1) is 0 Å². The lowest BCUT2D eigenvalue weighted by Gasteiger charge is -2.07. The van der Waals surface area contributed by atoms with Crippen molar-refractivity contribution in [1.29, 1.82) is 0 Å². The highest BCUT2D eigenvalue weighted by Gasteiger charge is 2.04. The van der Waals surface area contributed by atoms with Gasteiger partial charge in [-0.05, 0) is 24.3 Å². The number of benzene rings is 2. The molecule has 0 atom stereocenters. The molecule has 2 rings (SSSR count). The summed E-state index contributed by atoms with van der Waals surface area (Å²) >= 11 is 0. The Morgan fingerprint density at radius 3 is 1.89 bits per heavy atom. The van der Waals surface area contributed by atoms with Crippen LogP contribution >= 0.6 is 0 Å². The first kappa shape index (κ1) is 12.9. The van der Waals surface area contributed by atoms with Crippen LogP contribution < -0.4 is 9.47 Å². The number of non-ortho nitro benzene ring substituents is 1. The van der Waals surface area contributed by atoms with Gasteiger partial charge in [-0.25, -0.2) is 0 Å². The Labute approximate surface area is 110 Å². The van der Waals surface area contributed by atoms with E-state index >= 15 is 0 Å². The lowest BCUT2D eigenvalue weighted by atomic mass is 10.3. The minimum absolute atomic E-state index is 0.0490. The molecule has 2 aromatic rings. The molecule has 0 N–H and O–H groups in total. The van der Waals surface area contributed by atoms with Gasteiger partial charge in [0.15, 0.2) is 0 Å². The van der Waals surface area contributed by atoms with Crippen molar-refractivity contribution in [3.63, 3.8) is 0 Å². The van der Waals surface area contributed by atoms with Crippen molar-refractivity contribution in [3.05, 3.63) is 64.7 Å². The summed E-state index contributed by atoms with van der Waals surface area (Å²) in [6.45, 7) is 0.799. The topological polar surface area (TPSA) is 61.6 Å². The van der Waals surface area contributed by atoms with Crippen molar-refractivity contribution in [2.45, 2.75) is 0 Å². The Hall–Kier alpha value is -2.56. The summed E-state index contributed by atoms with van der Waals surface area (Å²) in [6.07, 6.45) is 0. The third kappa shape index (κ3) is 3.99. The Kier molecular flexibility index (Phi) is 4.34. The number of ether oxygens (including phenoxy) is 2. The molecule has 0 aliphatic carbocycles. The van der Waals surface area contributed by atoms with Gasteiger partial charge in [-0.2, -0.15) is 0 Å². The van der Waals surface area contributed by atoms with Crippen LogP contribution in [0.1, 0.15) is 0 Å². The molecule has 5 heteroatoms. The Bertz CT molecular complexity index is 525. The van der Waals surface area contributed by atoms with E-state index in [0.717, 1.165) is 5.75 Å². The number of hydrogen-bond donors (Lipinski definition) is 0. The SMILES string of the molecule is O=[N+]([O-])c1ccc(OCCOc2ccccc2)cc1. The summed E-state index contributed by atoms with van der Waals surface area (Å²) in [4.78, 5) is 10.0. The quantitative estimate of drug-likeness (QED) is 0.454. The highest BCUT2D eigenvalue weighted by Crippen LogP contribution is 2.17. The first-order valence-corrected chi connectivity index (χ1v) is 5.81. The molecule has 0 amide bonds. The van der Waals surface area contributed by atoms with Crippen molar-refractivity contribution in [1.82, 2.24) is 0 Å². The van der Waals surface area contributed by atoms with E-state index in [1.54, 1.807) is 12.1 Å². The standard InChI is InChI=1S/C14H13NO4/c16-15(17)12-6-8-14(9-7-12)19-11-10-18-13-4-2-1-3-5-13/h1-9H,10-11H2. The van der Waals surface area contributed by atoms with E-state index in [0.29, 0.717) is 19.0 Å². The van der Waals surface area contributed by atoms with Crippen LogP contribution in [0.15, 0.2) is 54.6 Å². The Morgan fingerprint density at radius 1 is 0.842 bits per heavy atom. The number of nitro groups is 1. The molecule has 0 spiro atoms. The molecule has 0 heterocycles. The molecule has 0 aliphatic heterocycles. The zero-order valence-electron chi connectivity index (χ0n) is 10.2. The number of para-hydroxylation sites is 1. The zero-order valence-corrected chi connectivity index (χ0v) is 10.2. The second kappa shape index (κ2) is 6.39.